The molecule has 3 N–H and O–H groups in total. The number of nitrogens with two attached hydrogens (primary N) is 1. The van der Waals surface area contributed by atoms with Gasteiger partial charge in [0.25, 0.3) is 5.91 Å². The molecule has 1 atom stereocenters. The number of anilines is 1. The van der Waals surface area contributed by atoms with Gasteiger partial charge in [-0.2, -0.15) is 0 Å². The summed E-state index contributed by atoms with van der Waals surface area (Å²) in [6, 6.07) is 6.87. The van der Waals surface area contributed by atoms with E-state index in [4.69, 9.17) is 5.73 Å². The van der Waals surface area contributed by atoms with Crippen LogP contribution in [0.25, 0.3) is 0 Å². The number of carboxylic acids is 1. The normalized spacial score (nSPS) is 23.1. The second-order valence-corrected chi connectivity index (χ2v) is 5.28. The summed E-state index contributed by atoms with van der Waals surface area (Å²) in [5.74, 6) is -1.05. The molecular weight excluding hydrogens is 244 g/mol. The molecule has 19 heavy (non-hydrogen) atoms. The van der Waals surface area contributed by atoms with Gasteiger partial charge in [0.05, 0.1) is 11.0 Å². The van der Waals surface area contributed by atoms with Gasteiger partial charge in [-0.1, -0.05) is 12.1 Å². The van der Waals surface area contributed by atoms with Crippen LogP contribution < -0.4 is 5.73 Å². The van der Waals surface area contributed by atoms with E-state index in [9.17, 15) is 14.7 Å². The van der Waals surface area contributed by atoms with Crippen molar-refractivity contribution in [1.29, 1.82) is 0 Å². The average Bonchev–Trinajstić information content (AvgIpc) is 2.38. The first-order valence-electron chi connectivity index (χ1n) is 6.31. The summed E-state index contributed by atoms with van der Waals surface area (Å²) in [4.78, 5) is 25.3. The number of hydrogen-bond donors (Lipinski definition) is 2. The Kier molecular flexibility index (Phi) is 3.46. The van der Waals surface area contributed by atoms with E-state index >= 15 is 0 Å². The first-order valence-corrected chi connectivity index (χ1v) is 6.31. The molecule has 0 spiro atoms. The van der Waals surface area contributed by atoms with Crippen LogP contribution in [-0.2, 0) is 4.79 Å². The number of benzene rings is 1. The van der Waals surface area contributed by atoms with Gasteiger partial charge in [0.1, 0.15) is 0 Å². The standard InChI is InChI=1S/C14H18N2O3/c1-14(13(18)19)7-4-8-16(9-14)12(17)10-5-2-3-6-11(10)15/h2-3,5-6H,4,7-9,15H2,1H3,(H,18,19). The quantitative estimate of drug-likeness (QED) is 0.793. The molecule has 0 aliphatic carbocycles. The van der Waals surface area contributed by atoms with E-state index in [1.54, 1.807) is 36.1 Å². The minimum absolute atomic E-state index is 0.190. The van der Waals surface area contributed by atoms with E-state index in [2.05, 4.69) is 0 Å². The molecule has 1 aliphatic heterocycles. The predicted molar refractivity (Wildman–Crippen MR) is 71.7 cm³/mol. The number of carbonyl (C=O) groups excluding carboxylic acids is 1. The number of para-hydroxylation sites is 1. The zero-order valence-electron chi connectivity index (χ0n) is 10.9. The van der Waals surface area contributed by atoms with E-state index in [1.165, 1.54) is 0 Å². The number of amides is 1. The Morgan fingerprint density at radius 1 is 1.37 bits per heavy atom. The van der Waals surface area contributed by atoms with Gasteiger partial charge in [-0.25, -0.2) is 0 Å². The minimum atomic E-state index is -0.864. The lowest BCUT2D eigenvalue weighted by atomic mass is 9.82. The zero-order chi connectivity index (χ0) is 14.0. The number of rotatable bonds is 2. The number of nitrogen functional groups attached to an aromatic ring is 1. The molecule has 0 bridgehead atoms. The van der Waals surface area contributed by atoms with Gasteiger partial charge in [0.15, 0.2) is 0 Å². The molecule has 2 rings (SSSR count). The van der Waals surface area contributed by atoms with Gasteiger partial charge in [0, 0.05) is 18.8 Å². The summed E-state index contributed by atoms with van der Waals surface area (Å²) in [6.07, 6.45) is 1.29. The molecule has 5 heteroatoms. The lowest BCUT2D eigenvalue weighted by Crippen LogP contribution is -2.48. The van der Waals surface area contributed by atoms with Crippen molar-refractivity contribution >= 4 is 17.6 Å². The van der Waals surface area contributed by atoms with Crippen LogP contribution >= 0.6 is 0 Å². The number of carbonyl (C=O) groups is 2. The van der Waals surface area contributed by atoms with Crippen molar-refractivity contribution in [3.63, 3.8) is 0 Å². The number of piperidine rings is 1. The smallest absolute Gasteiger partial charge is 0.311 e. The second kappa shape index (κ2) is 4.91. The fourth-order valence-corrected chi connectivity index (χ4v) is 2.45. The van der Waals surface area contributed by atoms with Crippen molar-refractivity contribution in [2.75, 3.05) is 18.8 Å². The molecule has 1 saturated heterocycles. The van der Waals surface area contributed by atoms with Gasteiger partial charge < -0.3 is 15.7 Å². The summed E-state index contributed by atoms with van der Waals surface area (Å²) < 4.78 is 0. The molecule has 0 radical (unpaired) electrons. The number of carboxylic acid groups (broad SMARTS) is 1. The summed E-state index contributed by atoms with van der Waals surface area (Å²) >= 11 is 0. The monoisotopic (exact) mass is 262 g/mol. The van der Waals surface area contributed by atoms with E-state index < -0.39 is 11.4 Å². The summed E-state index contributed by atoms with van der Waals surface area (Å²) in [5, 5.41) is 9.26. The highest BCUT2D eigenvalue weighted by Crippen LogP contribution is 2.30. The number of nitrogens with zero attached hydrogens (tertiary/aromatic N) is 1. The Labute approximate surface area is 112 Å². The van der Waals surface area contributed by atoms with Crippen molar-refractivity contribution in [2.24, 2.45) is 5.41 Å². The maximum absolute atomic E-state index is 12.4. The van der Waals surface area contributed by atoms with E-state index in [0.29, 0.717) is 30.6 Å². The number of hydrogen-bond acceptors (Lipinski definition) is 3. The number of aliphatic carboxylic acids is 1. The third-order valence-electron chi connectivity index (χ3n) is 3.69. The molecule has 1 aromatic rings. The molecule has 1 amide bonds. The van der Waals surface area contributed by atoms with Gasteiger partial charge in [-0.3, -0.25) is 9.59 Å². The van der Waals surface area contributed by atoms with Crippen molar-refractivity contribution < 1.29 is 14.7 Å². The Bertz CT molecular complexity index is 515. The van der Waals surface area contributed by atoms with Crippen LogP contribution in [0.4, 0.5) is 5.69 Å². The molecule has 1 aliphatic rings. The molecule has 1 unspecified atom stereocenters. The second-order valence-electron chi connectivity index (χ2n) is 5.28. The van der Waals surface area contributed by atoms with Crippen molar-refractivity contribution in [3.8, 4) is 0 Å². The maximum Gasteiger partial charge on any atom is 0.311 e. The van der Waals surface area contributed by atoms with Crippen LogP contribution in [0.1, 0.15) is 30.1 Å². The third-order valence-corrected chi connectivity index (χ3v) is 3.69. The van der Waals surface area contributed by atoms with Crippen molar-refractivity contribution in [2.45, 2.75) is 19.8 Å². The first kappa shape index (κ1) is 13.4. The van der Waals surface area contributed by atoms with Crippen LogP contribution in [0.15, 0.2) is 24.3 Å². The van der Waals surface area contributed by atoms with Crippen LogP contribution in [0.2, 0.25) is 0 Å². The van der Waals surface area contributed by atoms with Gasteiger partial charge in [-0.15, -0.1) is 0 Å². The molecule has 5 nitrogen and oxygen atoms in total. The first-order chi connectivity index (χ1) is 8.94. The van der Waals surface area contributed by atoms with Gasteiger partial charge in [-0.05, 0) is 31.9 Å². The van der Waals surface area contributed by atoms with Gasteiger partial charge in [0.2, 0.25) is 0 Å². The van der Waals surface area contributed by atoms with E-state index in [0.717, 1.165) is 0 Å². The molecule has 1 fully saturated rings. The topological polar surface area (TPSA) is 83.6 Å². The molecule has 0 saturated carbocycles. The zero-order valence-corrected chi connectivity index (χ0v) is 10.9. The summed E-state index contributed by atoms with van der Waals surface area (Å²) in [7, 11) is 0. The molecule has 1 aromatic carbocycles. The third kappa shape index (κ3) is 2.54. The molecule has 1 heterocycles. The van der Waals surface area contributed by atoms with E-state index in [1.807, 2.05) is 0 Å². The van der Waals surface area contributed by atoms with Crippen molar-refractivity contribution in [3.05, 3.63) is 29.8 Å². The van der Waals surface area contributed by atoms with E-state index in [-0.39, 0.29) is 12.5 Å². The fraction of sp³-hybridized carbons (Fsp3) is 0.429. The Balaban J connectivity index is 2.21. The minimum Gasteiger partial charge on any atom is -0.481 e. The largest absolute Gasteiger partial charge is 0.481 e. The van der Waals surface area contributed by atoms with Crippen LogP contribution in [0.3, 0.4) is 0 Å². The number of likely N-dealkylation sites (tertiary alicyclic amines) is 1. The van der Waals surface area contributed by atoms with Gasteiger partial charge >= 0.3 is 5.97 Å². The lowest BCUT2D eigenvalue weighted by Gasteiger charge is -2.37. The molecule has 102 valence electrons. The van der Waals surface area contributed by atoms with Crippen LogP contribution in [0.5, 0.6) is 0 Å². The molecular formula is C14H18N2O3. The maximum atomic E-state index is 12.4. The van der Waals surface area contributed by atoms with Crippen LogP contribution in [-0.4, -0.2) is 35.0 Å². The highest BCUT2D eigenvalue weighted by atomic mass is 16.4. The highest BCUT2D eigenvalue weighted by molar-refractivity contribution is 5.99. The lowest BCUT2D eigenvalue weighted by molar-refractivity contribution is -0.150. The Hall–Kier alpha value is -2.04. The highest BCUT2D eigenvalue weighted by Gasteiger charge is 2.39. The van der Waals surface area contributed by atoms with Crippen LogP contribution in [0, 0.1) is 5.41 Å². The summed E-state index contributed by atoms with van der Waals surface area (Å²) in [5.41, 5.74) is 5.80. The Morgan fingerprint density at radius 2 is 2.05 bits per heavy atom. The summed E-state index contributed by atoms with van der Waals surface area (Å²) in [6.45, 7) is 2.49. The average molecular weight is 262 g/mol. The SMILES string of the molecule is CC1(C(=O)O)CCCN(C(=O)c2ccccc2N)C1. The van der Waals surface area contributed by atoms with Crippen molar-refractivity contribution in [1.82, 2.24) is 4.90 Å². The molecule has 0 aromatic heterocycles. The predicted octanol–water partition coefficient (Wildman–Crippen LogP) is 1.60. The Morgan fingerprint density at radius 3 is 2.68 bits per heavy atom. The fourth-order valence-electron chi connectivity index (χ4n) is 2.45.